The molecule has 0 aromatic carbocycles. The van der Waals surface area contributed by atoms with Gasteiger partial charge in [0, 0.05) is 5.41 Å². The fourth-order valence-electron chi connectivity index (χ4n) is 4.20. The second-order valence-electron chi connectivity index (χ2n) is 6.80. The summed E-state index contributed by atoms with van der Waals surface area (Å²) in [5, 5.41) is 30.6. The highest BCUT2D eigenvalue weighted by atomic mass is 16.3. The zero-order chi connectivity index (χ0) is 13.7. The van der Waals surface area contributed by atoms with Crippen LogP contribution < -0.4 is 0 Å². The number of rotatable bonds is 2. The van der Waals surface area contributed by atoms with Gasteiger partial charge < -0.3 is 15.3 Å². The van der Waals surface area contributed by atoms with Gasteiger partial charge >= 0.3 is 0 Å². The third kappa shape index (κ3) is 1.93. The van der Waals surface area contributed by atoms with Crippen molar-refractivity contribution in [3.8, 4) is 0 Å². The highest BCUT2D eigenvalue weighted by molar-refractivity contribution is 5.21. The molecule has 0 spiro atoms. The Kier molecular flexibility index (Phi) is 3.60. The van der Waals surface area contributed by atoms with Crippen LogP contribution in [0.25, 0.3) is 0 Å². The largest absolute Gasteiger partial charge is 0.393 e. The number of aliphatic hydroxyl groups is 3. The van der Waals surface area contributed by atoms with E-state index in [1.807, 2.05) is 20.8 Å². The van der Waals surface area contributed by atoms with E-state index in [2.05, 4.69) is 6.58 Å². The van der Waals surface area contributed by atoms with Crippen molar-refractivity contribution in [3.05, 3.63) is 12.2 Å². The van der Waals surface area contributed by atoms with E-state index in [1.165, 1.54) is 0 Å². The average Bonchev–Trinajstić information content (AvgIpc) is 2.65. The van der Waals surface area contributed by atoms with Gasteiger partial charge in [-0.1, -0.05) is 32.9 Å². The Hall–Kier alpha value is -0.380. The zero-order valence-corrected chi connectivity index (χ0v) is 11.6. The van der Waals surface area contributed by atoms with Gasteiger partial charge in [0.1, 0.15) is 0 Å². The SMILES string of the molecule is C=C1C[C@@H](O)[C@H](O)[C@@]2(C)CC[C@H]([C@H](O)C(C)C)[C@@H]12. The van der Waals surface area contributed by atoms with E-state index in [4.69, 9.17) is 0 Å². The summed E-state index contributed by atoms with van der Waals surface area (Å²) < 4.78 is 0. The zero-order valence-electron chi connectivity index (χ0n) is 11.6. The van der Waals surface area contributed by atoms with Crippen LogP contribution in [0.5, 0.6) is 0 Å². The van der Waals surface area contributed by atoms with E-state index in [0.29, 0.717) is 6.42 Å². The number of aliphatic hydroxyl groups excluding tert-OH is 3. The molecule has 0 amide bonds. The van der Waals surface area contributed by atoms with Crippen molar-refractivity contribution in [1.29, 1.82) is 0 Å². The first-order valence-electron chi connectivity index (χ1n) is 7.01. The molecule has 2 aliphatic rings. The lowest BCUT2D eigenvalue weighted by Gasteiger charge is -2.47. The van der Waals surface area contributed by atoms with Crippen LogP contribution in [0.3, 0.4) is 0 Å². The molecular formula is C15H26O3. The van der Waals surface area contributed by atoms with Crippen LogP contribution in [0.15, 0.2) is 12.2 Å². The summed E-state index contributed by atoms with van der Waals surface area (Å²) in [6.07, 6.45) is 0.470. The lowest BCUT2D eigenvalue weighted by molar-refractivity contribution is -0.0988. The molecule has 0 aromatic rings. The third-order valence-corrected chi connectivity index (χ3v) is 5.23. The molecule has 104 valence electrons. The molecule has 18 heavy (non-hydrogen) atoms. The highest BCUT2D eigenvalue weighted by Crippen LogP contribution is 2.57. The van der Waals surface area contributed by atoms with Crippen molar-refractivity contribution >= 4 is 0 Å². The standard InChI is InChI=1S/C15H26O3/c1-8(2)13(17)10-5-6-15(4)12(10)9(3)7-11(16)14(15)18/h8,10-14,16-18H,3,5-7H2,1-2,4H3/t10-,11+,12+,13+,14-,15-/m0/s1. The van der Waals surface area contributed by atoms with Crippen LogP contribution in [0, 0.1) is 23.2 Å². The first-order valence-corrected chi connectivity index (χ1v) is 7.01. The molecule has 0 aliphatic heterocycles. The summed E-state index contributed by atoms with van der Waals surface area (Å²) in [4.78, 5) is 0. The highest BCUT2D eigenvalue weighted by Gasteiger charge is 2.56. The molecule has 3 heteroatoms. The van der Waals surface area contributed by atoms with E-state index in [0.717, 1.165) is 18.4 Å². The van der Waals surface area contributed by atoms with Crippen molar-refractivity contribution in [2.45, 2.75) is 58.3 Å². The molecule has 2 fully saturated rings. The molecule has 0 bridgehead atoms. The minimum Gasteiger partial charge on any atom is -0.393 e. The molecule has 0 radical (unpaired) electrons. The minimum atomic E-state index is -0.700. The maximum atomic E-state index is 10.4. The van der Waals surface area contributed by atoms with Crippen LogP contribution in [0.4, 0.5) is 0 Å². The lowest BCUT2D eigenvalue weighted by atomic mass is 9.62. The normalized spacial score (nSPS) is 46.3. The van der Waals surface area contributed by atoms with E-state index in [-0.39, 0.29) is 29.3 Å². The van der Waals surface area contributed by atoms with E-state index >= 15 is 0 Å². The first kappa shape index (κ1) is 14.0. The van der Waals surface area contributed by atoms with Gasteiger partial charge in [-0.05, 0) is 37.0 Å². The summed E-state index contributed by atoms with van der Waals surface area (Å²) in [6.45, 7) is 10.2. The Morgan fingerprint density at radius 2 is 1.94 bits per heavy atom. The van der Waals surface area contributed by atoms with Crippen LogP contribution in [-0.2, 0) is 0 Å². The molecule has 3 N–H and O–H groups in total. The Morgan fingerprint density at radius 3 is 2.50 bits per heavy atom. The van der Waals surface area contributed by atoms with Gasteiger partial charge in [-0.25, -0.2) is 0 Å². The number of fused-ring (bicyclic) bond motifs is 1. The molecule has 0 heterocycles. The molecule has 0 unspecified atom stereocenters. The maximum absolute atomic E-state index is 10.4. The third-order valence-electron chi connectivity index (χ3n) is 5.23. The average molecular weight is 254 g/mol. The summed E-state index contributed by atoms with van der Waals surface area (Å²) in [7, 11) is 0. The number of hydrogen-bond acceptors (Lipinski definition) is 3. The first-order chi connectivity index (χ1) is 8.29. The Balaban J connectivity index is 2.29. The molecule has 0 aromatic heterocycles. The van der Waals surface area contributed by atoms with Gasteiger partial charge in [-0.15, -0.1) is 0 Å². The van der Waals surface area contributed by atoms with Crippen LogP contribution >= 0.6 is 0 Å². The Labute approximate surface area is 110 Å². The lowest BCUT2D eigenvalue weighted by Crippen LogP contribution is -2.51. The van der Waals surface area contributed by atoms with Gasteiger partial charge in [0.2, 0.25) is 0 Å². The molecule has 3 nitrogen and oxygen atoms in total. The van der Waals surface area contributed by atoms with Gasteiger partial charge in [-0.2, -0.15) is 0 Å². The predicted molar refractivity (Wildman–Crippen MR) is 70.9 cm³/mol. The van der Waals surface area contributed by atoms with Crippen LogP contribution in [0.2, 0.25) is 0 Å². The second-order valence-corrected chi connectivity index (χ2v) is 6.80. The van der Waals surface area contributed by atoms with Gasteiger partial charge in [-0.3, -0.25) is 0 Å². The van der Waals surface area contributed by atoms with Crippen LogP contribution in [-0.4, -0.2) is 33.6 Å². The van der Waals surface area contributed by atoms with Crippen molar-refractivity contribution in [1.82, 2.24) is 0 Å². The number of hydrogen-bond donors (Lipinski definition) is 3. The van der Waals surface area contributed by atoms with Crippen molar-refractivity contribution < 1.29 is 15.3 Å². The molecule has 2 rings (SSSR count). The summed E-state index contributed by atoms with van der Waals surface area (Å²) in [5.41, 5.74) is 0.674. The van der Waals surface area contributed by atoms with E-state index in [1.54, 1.807) is 0 Å². The molecule has 0 saturated heterocycles. The van der Waals surface area contributed by atoms with Gasteiger partial charge in [0.25, 0.3) is 0 Å². The van der Waals surface area contributed by atoms with Gasteiger partial charge in [0.05, 0.1) is 18.3 Å². The molecular weight excluding hydrogens is 228 g/mol. The topological polar surface area (TPSA) is 60.7 Å². The minimum absolute atomic E-state index is 0.133. The Bertz CT molecular complexity index is 339. The summed E-state index contributed by atoms with van der Waals surface area (Å²) in [6, 6.07) is 0. The Morgan fingerprint density at radius 1 is 1.33 bits per heavy atom. The maximum Gasteiger partial charge on any atom is 0.0861 e. The fraction of sp³-hybridized carbons (Fsp3) is 0.867. The smallest absolute Gasteiger partial charge is 0.0861 e. The summed E-state index contributed by atoms with van der Waals surface area (Å²) >= 11 is 0. The van der Waals surface area contributed by atoms with E-state index < -0.39 is 12.2 Å². The van der Waals surface area contributed by atoms with E-state index in [9.17, 15) is 15.3 Å². The monoisotopic (exact) mass is 254 g/mol. The van der Waals surface area contributed by atoms with Crippen molar-refractivity contribution in [3.63, 3.8) is 0 Å². The molecule has 2 saturated carbocycles. The van der Waals surface area contributed by atoms with Gasteiger partial charge in [0.15, 0.2) is 0 Å². The quantitative estimate of drug-likeness (QED) is 0.658. The molecule has 2 aliphatic carbocycles. The summed E-state index contributed by atoms with van der Waals surface area (Å²) in [5.74, 6) is 0.520. The molecule has 6 atom stereocenters. The predicted octanol–water partition coefficient (Wildman–Crippen LogP) is 1.72. The van der Waals surface area contributed by atoms with Crippen LogP contribution in [0.1, 0.15) is 40.0 Å². The fourth-order valence-corrected chi connectivity index (χ4v) is 4.20. The van der Waals surface area contributed by atoms with Crippen molar-refractivity contribution in [2.24, 2.45) is 23.2 Å². The van der Waals surface area contributed by atoms with Crippen molar-refractivity contribution in [2.75, 3.05) is 0 Å². The second kappa shape index (κ2) is 4.62.